The summed E-state index contributed by atoms with van der Waals surface area (Å²) in [6.07, 6.45) is -0.702. The molecule has 1 heterocycles. The van der Waals surface area contributed by atoms with E-state index in [9.17, 15) is 40.9 Å². The van der Waals surface area contributed by atoms with Crippen LogP contribution in [0.2, 0.25) is 0 Å². The van der Waals surface area contributed by atoms with Crippen molar-refractivity contribution in [2.24, 2.45) is 0 Å². The SMILES string of the molecule is Oc1ccc(C2Oc3cc(O)c4c(c3C2c2cc(O)cc(O)c2)[C@H]2C(c3ccc(O)cc3)[C@@H]4c3cc(O)cc(O)c3[C@@H]2c2ccc(O)cc2)cc1. The monoisotopic (exact) mass is 680 g/mol. The quantitative estimate of drug-likeness (QED) is 0.0927. The first-order valence-corrected chi connectivity index (χ1v) is 16.6. The highest BCUT2D eigenvalue weighted by Crippen LogP contribution is 2.71. The summed E-state index contributed by atoms with van der Waals surface area (Å²) >= 11 is 0. The van der Waals surface area contributed by atoms with E-state index < -0.39 is 29.8 Å². The van der Waals surface area contributed by atoms with Crippen LogP contribution in [0.25, 0.3) is 0 Å². The average Bonchev–Trinajstić information content (AvgIpc) is 3.60. The van der Waals surface area contributed by atoms with Crippen LogP contribution in [-0.2, 0) is 0 Å². The Balaban J connectivity index is 1.39. The second-order valence-corrected chi connectivity index (χ2v) is 13.7. The second-order valence-electron chi connectivity index (χ2n) is 13.7. The maximum atomic E-state index is 12.1. The van der Waals surface area contributed by atoms with Gasteiger partial charge in [-0.25, -0.2) is 0 Å². The minimum Gasteiger partial charge on any atom is -0.508 e. The first-order chi connectivity index (χ1) is 24.6. The van der Waals surface area contributed by atoms with Crippen molar-refractivity contribution in [3.8, 4) is 51.7 Å². The molecule has 0 amide bonds. The highest BCUT2D eigenvalue weighted by molar-refractivity contribution is 5.73. The van der Waals surface area contributed by atoms with E-state index in [0.717, 1.165) is 22.3 Å². The lowest BCUT2D eigenvalue weighted by Crippen LogP contribution is -2.26. The molecule has 2 aliphatic carbocycles. The Hall–Kier alpha value is -6.48. The normalized spacial score (nSPS) is 22.5. The largest absolute Gasteiger partial charge is 0.508 e. The van der Waals surface area contributed by atoms with E-state index in [2.05, 4.69) is 0 Å². The number of fused-ring (bicyclic) bond motifs is 9. The molecule has 3 unspecified atom stereocenters. The van der Waals surface area contributed by atoms with E-state index in [1.54, 1.807) is 84.9 Å². The van der Waals surface area contributed by atoms with Gasteiger partial charge in [0.2, 0.25) is 0 Å². The zero-order chi connectivity index (χ0) is 35.3. The van der Waals surface area contributed by atoms with Gasteiger partial charge in [-0.15, -0.1) is 0 Å². The molecule has 9 rings (SSSR count). The highest BCUT2D eigenvalue weighted by atomic mass is 16.5. The molecule has 8 N–H and O–H groups in total. The standard InChI is InChI=1S/C42H32O9/c43-23-7-1-19(2-8-23)33-36-29(16-28(48)17-30(36)49)37-34(20-3-9-24(44)10-4-20)40(33)41-38(37)31(50)18-32-39(41)35(22-13-26(46)15-27(47)14-22)42(51-32)21-5-11-25(45)12-6-21/h1-18,33-35,37,40,42-50H/t33-,34?,35?,37-,40+,42?/m0/s1. The first-order valence-electron chi connectivity index (χ1n) is 16.6. The average molecular weight is 681 g/mol. The number of aromatic hydroxyl groups is 8. The number of hydrogen-bond acceptors (Lipinski definition) is 9. The molecule has 6 aromatic carbocycles. The molecular weight excluding hydrogens is 648 g/mol. The first kappa shape index (κ1) is 30.6. The van der Waals surface area contributed by atoms with E-state index in [0.29, 0.717) is 33.6 Å². The van der Waals surface area contributed by atoms with Gasteiger partial charge in [-0.3, -0.25) is 0 Å². The zero-order valence-corrected chi connectivity index (χ0v) is 26.8. The van der Waals surface area contributed by atoms with E-state index in [1.165, 1.54) is 12.1 Å². The van der Waals surface area contributed by atoms with Crippen LogP contribution in [0.4, 0.5) is 0 Å². The summed E-state index contributed by atoms with van der Waals surface area (Å²) in [5.41, 5.74) is 6.16. The second kappa shape index (κ2) is 11.0. The molecule has 0 aromatic heterocycles. The van der Waals surface area contributed by atoms with Gasteiger partial charge in [0.05, 0.1) is 5.92 Å². The molecule has 0 radical (unpaired) electrons. The molecule has 0 fully saturated rings. The van der Waals surface area contributed by atoms with Crippen molar-refractivity contribution in [2.75, 3.05) is 0 Å². The number of benzene rings is 6. The lowest BCUT2D eigenvalue weighted by molar-refractivity contribution is 0.221. The van der Waals surface area contributed by atoms with Crippen LogP contribution < -0.4 is 4.74 Å². The molecule has 2 bridgehead atoms. The Labute approximate surface area is 291 Å². The maximum absolute atomic E-state index is 12.1. The van der Waals surface area contributed by atoms with Gasteiger partial charge in [-0.2, -0.15) is 0 Å². The molecule has 1 aliphatic heterocycles. The van der Waals surface area contributed by atoms with Crippen LogP contribution in [-0.4, -0.2) is 40.9 Å². The lowest BCUT2D eigenvalue weighted by Gasteiger charge is -2.40. The fraction of sp³-hybridized carbons (Fsp3) is 0.143. The third kappa shape index (κ3) is 4.61. The zero-order valence-electron chi connectivity index (χ0n) is 26.8. The van der Waals surface area contributed by atoms with E-state index in [4.69, 9.17) is 4.74 Å². The Morgan fingerprint density at radius 3 is 1.49 bits per heavy atom. The van der Waals surface area contributed by atoms with Crippen molar-refractivity contribution in [3.05, 3.63) is 159 Å². The smallest absolute Gasteiger partial charge is 0.135 e. The molecule has 0 spiro atoms. The van der Waals surface area contributed by atoms with Crippen LogP contribution in [0.5, 0.6) is 51.7 Å². The maximum Gasteiger partial charge on any atom is 0.135 e. The van der Waals surface area contributed by atoms with Crippen LogP contribution in [0.3, 0.4) is 0 Å². The third-order valence-electron chi connectivity index (χ3n) is 10.9. The molecule has 9 nitrogen and oxygen atoms in total. The van der Waals surface area contributed by atoms with E-state index in [1.807, 2.05) is 12.1 Å². The number of phenolic OH excluding ortho intramolecular Hbond substituents is 8. The molecule has 51 heavy (non-hydrogen) atoms. The number of rotatable bonds is 4. The van der Waals surface area contributed by atoms with Gasteiger partial charge in [-0.1, -0.05) is 36.4 Å². The summed E-state index contributed by atoms with van der Waals surface area (Å²) in [4.78, 5) is 0. The molecule has 9 heteroatoms. The van der Waals surface area contributed by atoms with Gasteiger partial charge >= 0.3 is 0 Å². The summed E-state index contributed by atoms with van der Waals surface area (Å²) < 4.78 is 6.71. The van der Waals surface area contributed by atoms with Gasteiger partial charge in [0, 0.05) is 58.6 Å². The molecule has 254 valence electrons. The lowest BCUT2D eigenvalue weighted by atomic mass is 9.62. The predicted octanol–water partition coefficient (Wildman–Crippen LogP) is 7.76. The van der Waals surface area contributed by atoms with Crippen LogP contribution in [0.15, 0.2) is 109 Å². The van der Waals surface area contributed by atoms with E-state index >= 15 is 0 Å². The topological polar surface area (TPSA) is 171 Å². The molecule has 3 aliphatic rings. The van der Waals surface area contributed by atoms with Crippen LogP contribution in [0.1, 0.15) is 85.8 Å². The summed E-state index contributed by atoms with van der Waals surface area (Å²) in [6.45, 7) is 0. The Morgan fingerprint density at radius 2 is 0.882 bits per heavy atom. The van der Waals surface area contributed by atoms with Gasteiger partial charge < -0.3 is 45.6 Å². The predicted molar refractivity (Wildman–Crippen MR) is 186 cm³/mol. The Kier molecular flexibility index (Phi) is 6.60. The molecule has 6 atom stereocenters. The van der Waals surface area contributed by atoms with Gasteiger partial charge in [0.15, 0.2) is 0 Å². The van der Waals surface area contributed by atoms with Gasteiger partial charge in [0.1, 0.15) is 57.8 Å². The molecule has 6 aromatic rings. The van der Waals surface area contributed by atoms with Crippen molar-refractivity contribution in [3.63, 3.8) is 0 Å². The summed E-state index contributed by atoms with van der Waals surface area (Å²) in [5, 5.41) is 86.7. The third-order valence-corrected chi connectivity index (χ3v) is 10.9. The minimum atomic E-state index is -0.702. The summed E-state index contributed by atoms with van der Waals surface area (Å²) in [6, 6.07) is 29.2. The summed E-state index contributed by atoms with van der Waals surface area (Å²) in [5.74, 6) is -2.56. The molecule has 0 saturated carbocycles. The van der Waals surface area contributed by atoms with Crippen LogP contribution in [0, 0.1) is 0 Å². The molecular formula is C42H32O9. The van der Waals surface area contributed by atoms with Crippen molar-refractivity contribution in [1.82, 2.24) is 0 Å². The van der Waals surface area contributed by atoms with Crippen molar-refractivity contribution in [2.45, 2.75) is 35.7 Å². The fourth-order valence-electron chi connectivity index (χ4n) is 9.08. The Morgan fingerprint density at radius 1 is 0.353 bits per heavy atom. The van der Waals surface area contributed by atoms with Gasteiger partial charge in [0.25, 0.3) is 0 Å². The van der Waals surface area contributed by atoms with Crippen LogP contribution >= 0.6 is 0 Å². The summed E-state index contributed by atoms with van der Waals surface area (Å²) in [7, 11) is 0. The van der Waals surface area contributed by atoms with Crippen molar-refractivity contribution >= 4 is 0 Å². The number of ether oxygens (including phenoxy) is 1. The minimum absolute atomic E-state index is 0.0379. The molecule has 0 saturated heterocycles. The van der Waals surface area contributed by atoms with E-state index in [-0.39, 0.29) is 51.9 Å². The van der Waals surface area contributed by atoms with Crippen molar-refractivity contribution in [1.29, 1.82) is 0 Å². The fourth-order valence-corrected chi connectivity index (χ4v) is 9.08. The Bertz CT molecular complexity index is 2330. The number of hydrogen-bond donors (Lipinski definition) is 8. The number of phenols is 8. The highest BCUT2D eigenvalue weighted by Gasteiger charge is 2.57. The van der Waals surface area contributed by atoms with Gasteiger partial charge in [-0.05, 0) is 88.0 Å². The van der Waals surface area contributed by atoms with Crippen molar-refractivity contribution < 1.29 is 45.6 Å².